The van der Waals surface area contributed by atoms with Crippen LogP contribution in [0.25, 0.3) is 11.4 Å². The molecule has 0 spiro atoms. The van der Waals surface area contributed by atoms with Gasteiger partial charge in [0.2, 0.25) is 11.1 Å². The van der Waals surface area contributed by atoms with Gasteiger partial charge in [0.05, 0.1) is 12.3 Å². The second-order valence-electron chi connectivity index (χ2n) is 8.31. The first-order valence-electron chi connectivity index (χ1n) is 10.1. The Balaban J connectivity index is 1.47. The summed E-state index contributed by atoms with van der Waals surface area (Å²) in [5, 5.41) is 11.6. The largest absolute Gasteiger partial charge is 0.492 e. The van der Waals surface area contributed by atoms with Crippen molar-refractivity contribution in [3.05, 3.63) is 59.7 Å². The molecular weight excluding hydrogens is 410 g/mol. The van der Waals surface area contributed by atoms with Crippen molar-refractivity contribution < 1.29 is 9.53 Å². The summed E-state index contributed by atoms with van der Waals surface area (Å²) < 4.78 is 7.05. The Morgan fingerprint density at radius 1 is 1.16 bits per heavy atom. The van der Waals surface area contributed by atoms with Crippen LogP contribution in [0.1, 0.15) is 31.9 Å². The summed E-state index contributed by atoms with van der Waals surface area (Å²) in [7, 11) is 0. The molecule has 0 fully saturated rings. The van der Waals surface area contributed by atoms with E-state index in [-0.39, 0.29) is 17.1 Å². The van der Waals surface area contributed by atoms with E-state index in [4.69, 9.17) is 10.6 Å². The topological polar surface area (TPSA) is 95.1 Å². The smallest absolute Gasteiger partial charge is 0.230 e. The first-order valence-corrected chi connectivity index (χ1v) is 11.1. The summed E-state index contributed by atoms with van der Waals surface area (Å²) in [6.45, 7) is 9.34. The van der Waals surface area contributed by atoms with Gasteiger partial charge in [-0.1, -0.05) is 68.9 Å². The van der Waals surface area contributed by atoms with Crippen LogP contribution < -0.4 is 15.9 Å². The first kappa shape index (κ1) is 22.7. The molecule has 3 rings (SSSR count). The molecule has 1 amide bonds. The van der Waals surface area contributed by atoms with Gasteiger partial charge in [-0.05, 0) is 35.6 Å². The van der Waals surface area contributed by atoms with E-state index in [1.165, 1.54) is 22.0 Å². The first-order chi connectivity index (χ1) is 14.7. The van der Waals surface area contributed by atoms with Gasteiger partial charge in [0.15, 0.2) is 5.82 Å². The number of carbonyl (C=O) groups excluding carboxylic acids is 1. The van der Waals surface area contributed by atoms with E-state index in [1.54, 1.807) is 0 Å². The number of nitrogens with one attached hydrogen (secondary N) is 1. The molecule has 1 aromatic heterocycles. The van der Waals surface area contributed by atoms with Crippen LogP contribution in [-0.2, 0) is 10.2 Å². The highest BCUT2D eigenvalue weighted by Crippen LogP contribution is 2.26. The molecule has 8 heteroatoms. The number of rotatable bonds is 8. The summed E-state index contributed by atoms with van der Waals surface area (Å²) in [4.78, 5) is 12.1. The van der Waals surface area contributed by atoms with Crippen LogP contribution in [0.2, 0.25) is 0 Å². The monoisotopic (exact) mass is 439 g/mol. The van der Waals surface area contributed by atoms with Gasteiger partial charge < -0.3 is 15.9 Å². The van der Waals surface area contributed by atoms with Gasteiger partial charge in [-0.2, -0.15) is 0 Å². The summed E-state index contributed by atoms with van der Waals surface area (Å²) in [5.74, 6) is 7.61. The molecule has 0 saturated carbocycles. The van der Waals surface area contributed by atoms with Crippen LogP contribution in [0.4, 0.5) is 0 Å². The van der Waals surface area contributed by atoms with Crippen molar-refractivity contribution in [1.82, 2.24) is 20.2 Å². The van der Waals surface area contributed by atoms with Crippen LogP contribution in [0.15, 0.2) is 53.7 Å². The molecule has 0 bridgehead atoms. The second kappa shape index (κ2) is 9.87. The third-order valence-electron chi connectivity index (χ3n) is 4.69. The summed E-state index contributed by atoms with van der Waals surface area (Å²) in [6.07, 6.45) is 0. The Morgan fingerprint density at radius 3 is 2.58 bits per heavy atom. The lowest BCUT2D eigenvalue weighted by Gasteiger charge is -2.19. The van der Waals surface area contributed by atoms with E-state index >= 15 is 0 Å². The molecule has 0 unspecified atom stereocenters. The Kier molecular flexibility index (Phi) is 7.22. The number of nitrogens with two attached hydrogens (primary N) is 1. The van der Waals surface area contributed by atoms with Crippen molar-refractivity contribution in [3.63, 3.8) is 0 Å². The summed E-state index contributed by atoms with van der Waals surface area (Å²) >= 11 is 1.25. The molecule has 7 nitrogen and oxygen atoms in total. The number of hydrogen-bond acceptors (Lipinski definition) is 6. The molecule has 0 aliphatic heterocycles. The Labute approximate surface area is 187 Å². The molecule has 3 N–H and O–H groups in total. The van der Waals surface area contributed by atoms with Crippen molar-refractivity contribution in [2.24, 2.45) is 0 Å². The maximum Gasteiger partial charge on any atom is 0.230 e. The summed E-state index contributed by atoms with van der Waals surface area (Å²) in [5.41, 5.74) is 3.33. The average molecular weight is 440 g/mol. The predicted octanol–water partition coefficient (Wildman–Crippen LogP) is 3.55. The number of amides is 1. The third-order valence-corrected chi connectivity index (χ3v) is 5.63. The number of nitrogen functional groups attached to an aromatic ring is 1. The lowest BCUT2D eigenvalue weighted by Crippen LogP contribution is -2.29. The fourth-order valence-corrected chi connectivity index (χ4v) is 3.62. The van der Waals surface area contributed by atoms with E-state index in [9.17, 15) is 4.79 Å². The molecule has 0 aliphatic rings. The maximum absolute atomic E-state index is 12.1. The number of hydrogen-bond donors (Lipinski definition) is 2. The maximum atomic E-state index is 12.1. The summed E-state index contributed by atoms with van der Waals surface area (Å²) in [6, 6.07) is 15.9. The van der Waals surface area contributed by atoms with E-state index in [0.717, 1.165) is 16.9 Å². The second-order valence-corrected chi connectivity index (χ2v) is 9.25. The number of ether oxygens (including phenoxy) is 1. The minimum Gasteiger partial charge on any atom is -0.492 e. The van der Waals surface area contributed by atoms with E-state index in [0.29, 0.717) is 24.1 Å². The zero-order chi connectivity index (χ0) is 22.4. The molecule has 0 saturated heterocycles. The van der Waals surface area contributed by atoms with Crippen LogP contribution >= 0.6 is 11.8 Å². The van der Waals surface area contributed by atoms with Crippen molar-refractivity contribution in [1.29, 1.82) is 0 Å². The van der Waals surface area contributed by atoms with E-state index in [2.05, 4.69) is 48.4 Å². The number of nitrogens with zero attached hydrogens (tertiary/aromatic N) is 3. The fraction of sp³-hybridized carbons (Fsp3) is 0.348. The predicted molar refractivity (Wildman–Crippen MR) is 125 cm³/mol. The molecule has 3 aromatic rings. The van der Waals surface area contributed by atoms with Gasteiger partial charge in [0.25, 0.3) is 0 Å². The zero-order valence-corrected chi connectivity index (χ0v) is 19.2. The third kappa shape index (κ3) is 6.24. The highest BCUT2D eigenvalue weighted by molar-refractivity contribution is 7.99. The molecule has 2 aromatic carbocycles. The quantitative estimate of drug-likeness (QED) is 0.317. The Bertz CT molecular complexity index is 1030. The van der Waals surface area contributed by atoms with Crippen LogP contribution in [0.3, 0.4) is 0 Å². The zero-order valence-electron chi connectivity index (χ0n) is 18.4. The number of aryl methyl sites for hydroxylation is 1. The Hall–Kier alpha value is -3.00. The molecule has 31 heavy (non-hydrogen) atoms. The van der Waals surface area contributed by atoms with Crippen LogP contribution in [-0.4, -0.2) is 39.7 Å². The number of thioether (sulfide) groups is 1. The van der Waals surface area contributed by atoms with Gasteiger partial charge in [-0.3, -0.25) is 4.79 Å². The van der Waals surface area contributed by atoms with Crippen LogP contribution in [0.5, 0.6) is 5.75 Å². The lowest BCUT2D eigenvalue weighted by molar-refractivity contribution is -0.118. The van der Waals surface area contributed by atoms with Crippen molar-refractivity contribution in [3.8, 4) is 17.1 Å². The number of benzene rings is 2. The fourth-order valence-electron chi connectivity index (χ4n) is 2.94. The van der Waals surface area contributed by atoms with E-state index < -0.39 is 0 Å². The highest BCUT2D eigenvalue weighted by Gasteiger charge is 2.16. The highest BCUT2D eigenvalue weighted by atomic mass is 32.2. The molecule has 1 heterocycles. The van der Waals surface area contributed by atoms with Crippen molar-refractivity contribution in [2.75, 3.05) is 24.7 Å². The minimum absolute atomic E-state index is 0.0777. The standard InChI is InChI=1S/C23H29N5O2S/c1-16-6-5-7-19(14-16)30-13-12-25-20(29)15-31-22-27-26-21(28(22)24)17-8-10-18(11-9-17)23(2,3)4/h5-11,14H,12-13,15,24H2,1-4H3,(H,25,29). The SMILES string of the molecule is Cc1cccc(OCCNC(=O)CSc2nnc(-c3ccc(C(C)(C)C)cc3)n2N)c1. The van der Waals surface area contributed by atoms with Gasteiger partial charge in [0, 0.05) is 5.56 Å². The minimum atomic E-state index is -0.114. The van der Waals surface area contributed by atoms with Gasteiger partial charge >= 0.3 is 0 Å². The average Bonchev–Trinajstić information content (AvgIpc) is 3.09. The number of aromatic nitrogens is 3. The Morgan fingerprint density at radius 2 is 1.90 bits per heavy atom. The van der Waals surface area contributed by atoms with Crippen molar-refractivity contribution in [2.45, 2.75) is 38.3 Å². The van der Waals surface area contributed by atoms with Gasteiger partial charge in [0.1, 0.15) is 12.4 Å². The molecule has 164 valence electrons. The normalized spacial score (nSPS) is 11.4. The van der Waals surface area contributed by atoms with Gasteiger partial charge in [-0.15, -0.1) is 10.2 Å². The van der Waals surface area contributed by atoms with Crippen LogP contribution in [0, 0.1) is 6.92 Å². The molecular formula is C23H29N5O2S. The molecule has 0 radical (unpaired) electrons. The van der Waals surface area contributed by atoms with Gasteiger partial charge in [-0.25, -0.2) is 4.68 Å². The molecule has 0 aliphatic carbocycles. The number of carbonyl (C=O) groups is 1. The lowest BCUT2D eigenvalue weighted by atomic mass is 9.87. The van der Waals surface area contributed by atoms with E-state index in [1.807, 2.05) is 43.3 Å². The van der Waals surface area contributed by atoms with Crippen molar-refractivity contribution >= 4 is 17.7 Å². The molecule has 0 atom stereocenters.